The molecule has 1 aromatic heterocycles. The van der Waals surface area contributed by atoms with E-state index in [1.807, 2.05) is 24.0 Å². The minimum Gasteiger partial charge on any atom is -0.309 e. The van der Waals surface area contributed by atoms with Crippen LogP contribution < -0.4 is 5.32 Å². The molecule has 1 heterocycles. The lowest BCUT2D eigenvalue weighted by molar-refractivity contribution is 0.581. The number of aromatic nitrogens is 2. The van der Waals surface area contributed by atoms with Gasteiger partial charge in [0.25, 0.3) is 0 Å². The van der Waals surface area contributed by atoms with Crippen LogP contribution in [-0.4, -0.2) is 21.8 Å². The highest BCUT2D eigenvalue weighted by atomic mass is 32.2. The van der Waals surface area contributed by atoms with Gasteiger partial charge in [0.15, 0.2) is 5.82 Å². The van der Waals surface area contributed by atoms with Crippen LogP contribution in [0.3, 0.4) is 0 Å². The van der Waals surface area contributed by atoms with Crippen LogP contribution in [-0.2, 0) is 6.54 Å². The Morgan fingerprint density at radius 3 is 2.55 bits per heavy atom. The van der Waals surface area contributed by atoms with Gasteiger partial charge in [-0.1, -0.05) is 32.9 Å². The minimum atomic E-state index is 0.457. The Hall–Kier alpha value is -1.39. The third-order valence-electron chi connectivity index (χ3n) is 2.83. The van der Waals surface area contributed by atoms with Crippen molar-refractivity contribution < 1.29 is 0 Å². The summed E-state index contributed by atoms with van der Waals surface area (Å²) in [6.45, 7) is 7.20. The lowest BCUT2D eigenvalue weighted by atomic mass is 10.2. The Labute approximate surface area is 125 Å². The van der Waals surface area contributed by atoms with E-state index in [1.54, 1.807) is 0 Å². The first kappa shape index (κ1) is 15.0. The molecule has 0 aliphatic heterocycles. The number of benzene rings is 1. The summed E-state index contributed by atoms with van der Waals surface area (Å²) >= 11 is 1.84. The monoisotopic (exact) mass is 287 g/mol. The summed E-state index contributed by atoms with van der Waals surface area (Å²) in [5.74, 6) is 1.88. The van der Waals surface area contributed by atoms with Crippen LogP contribution >= 0.6 is 11.8 Å². The van der Waals surface area contributed by atoms with Crippen molar-refractivity contribution in [1.29, 1.82) is 0 Å². The van der Waals surface area contributed by atoms with Gasteiger partial charge in [0, 0.05) is 29.2 Å². The second-order valence-electron chi connectivity index (χ2n) is 4.86. The Bertz CT molecular complexity index is 538. The molecule has 3 nitrogen and oxygen atoms in total. The van der Waals surface area contributed by atoms with Crippen molar-refractivity contribution in [2.75, 3.05) is 5.75 Å². The summed E-state index contributed by atoms with van der Waals surface area (Å²) in [5, 5.41) is 3.37. The lowest BCUT2D eigenvalue weighted by Crippen LogP contribution is -2.22. The van der Waals surface area contributed by atoms with Crippen molar-refractivity contribution in [2.45, 2.75) is 38.3 Å². The number of nitrogens with one attached hydrogen (secondary N) is 1. The van der Waals surface area contributed by atoms with Crippen molar-refractivity contribution in [1.82, 2.24) is 15.3 Å². The van der Waals surface area contributed by atoms with E-state index in [9.17, 15) is 0 Å². The molecular weight excluding hydrogens is 266 g/mol. The van der Waals surface area contributed by atoms with E-state index in [4.69, 9.17) is 0 Å². The molecule has 0 saturated heterocycles. The molecular formula is C16H21N3S. The van der Waals surface area contributed by atoms with Crippen LogP contribution in [0, 0.1) is 0 Å². The average molecular weight is 287 g/mol. The summed E-state index contributed by atoms with van der Waals surface area (Å²) in [5.41, 5.74) is 2.09. The molecule has 0 atom stereocenters. The van der Waals surface area contributed by atoms with E-state index >= 15 is 0 Å². The topological polar surface area (TPSA) is 37.8 Å². The van der Waals surface area contributed by atoms with Gasteiger partial charge in [-0.15, -0.1) is 11.8 Å². The van der Waals surface area contributed by atoms with Gasteiger partial charge in [-0.05, 0) is 24.0 Å². The van der Waals surface area contributed by atoms with E-state index in [0.29, 0.717) is 6.04 Å². The number of hydrogen-bond acceptors (Lipinski definition) is 4. The Kier molecular flexibility index (Phi) is 5.56. The molecule has 0 aliphatic rings. The molecule has 0 amide bonds. The van der Waals surface area contributed by atoms with Crippen molar-refractivity contribution in [3.05, 3.63) is 42.2 Å². The van der Waals surface area contributed by atoms with Crippen LogP contribution in [0.25, 0.3) is 11.4 Å². The van der Waals surface area contributed by atoms with Crippen molar-refractivity contribution in [2.24, 2.45) is 0 Å². The number of hydrogen-bond donors (Lipinski definition) is 1. The van der Waals surface area contributed by atoms with Crippen molar-refractivity contribution in [3.8, 4) is 11.4 Å². The summed E-state index contributed by atoms with van der Waals surface area (Å²) in [4.78, 5) is 10.3. The number of rotatable bonds is 6. The van der Waals surface area contributed by atoms with Crippen LogP contribution in [0.5, 0.6) is 0 Å². The number of nitrogens with zero attached hydrogens (tertiary/aromatic N) is 2. The fourth-order valence-corrected chi connectivity index (χ4v) is 2.47. The van der Waals surface area contributed by atoms with Gasteiger partial charge in [0.05, 0.1) is 5.69 Å². The first-order valence-corrected chi connectivity index (χ1v) is 7.96. The maximum atomic E-state index is 4.61. The summed E-state index contributed by atoms with van der Waals surface area (Å²) in [6.07, 6.45) is 1.83. The van der Waals surface area contributed by atoms with E-state index in [0.717, 1.165) is 29.4 Å². The lowest BCUT2D eigenvalue weighted by Gasteiger charge is -2.08. The molecule has 4 heteroatoms. The summed E-state index contributed by atoms with van der Waals surface area (Å²) in [7, 11) is 0. The molecule has 0 unspecified atom stereocenters. The molecule has 0 fully saturated rings. The van der Waals surface area contributed by atoms with E-state index in [1.165, 1.54) is 4.90 Å². The molecule has 0 spiro atoms. The first-order valence-electron chi connectivity index (χ1n) is 6.97. The molecule has 0 saturated carbocycles. The molecule has 1 N–H and O–H groups in total. The summed E-state index contributed by atoms with van der Waals surface area (Å²) in [6, 6.07) is 10.9. The zero-order valence-corrected chi connectivity index (χ0v) is 13.1. The molecule has 1 aromatic carbocycles. The van der Waals surface area contributed by atoms with Gasteiger partial charge in [0.1, 0.15) is 0 Å². The maximum Gasteiger partial charge on any atom is 0.159 e. The number of thioether (sulfide) groups is 1. The first-order chi connectivity index (χ1) is 9.69. The smallest absolute Gasteiger partial charge is 0.159 e. The predicted molar refractivity (Wildman–Crippen MR) is 85.8 cm³/mol. The molecule has 0 radical (unpaired) electrons. The quantitative estimate of drug-likeness (QED) is 0.821. The highest BCUT2D eigenvalue weighted by Crippen LogP contribution is 2.21. The fourth-order valence-electron chi connectivity index (χ4n) is 1.81. The van der Waals surface area contributed by atoms with E-state index < -0.39 is 0 Å². The average Bonchev–Trinajstić information content (AvgIpc) is 2.47. The van der Waals surface area contributed by atoms with Gasteiger partial charge in [0.2, 0.25) is 0 Å². The van der Waals surface area contributed by atoms with Gasteiger partial charge in [-0.3, -0.25) is 0 Å². The fraction of sp³-hybridized carbons (Fsp3) is 0.375. The predicted octanol–water partition coefficient (Wildman–Crippen LogP) is 3.75. The SMILES string of the molecule is CCSc1ccc(-c2nccc(CNC(C)C)n2)cc1. The van der Waals surface area contributed by atoms with Gasteiger partial charge in [-0.2, -0.15) is 0 Å². The Morgan fingerprint density at radius 2 is 1.90 bits per heavy atom. The highest BCUT2D eigenvalue weighted by molar-refractivity contribution is 7.99. The molecule has 2 aromatic rings. The normalized spacial score (nSPS) is 11.0. The largest absolute Gasteiger partial charge is 0.309 e. The van der Waals surface area contributed by atoms with E-state index in [2.05, 4.69) is 60.3 Å². The van der Waals surface area contributed by atoms with Crippen LogP contribution in [0.4, 0.5) is 0 Å². The molecule has 20 heavy (non-hydrogen) atoms. The second kappa shape index (κ2) is 7.41. The zero-order valence-electron chi connectivity index (χ0n) is 12.3. The third-order valence-corrected chi connectivity index (χ3v) is 3.72. The van der Waals surface area contributed by atoms with Crippen LogP contribution in [0.1, 0.15) is 26.5 Å². The molecule has 0 bridgehead atoms. The van der Waals surface area contributed by atoms with Crippen molar-refractivity contribution >= 4 is 11.8 Å². The molecule has 0 aliphatic carbocycles. The second-order valence-corrected chi connectivity index (χ2v) is 6.20. The van der Waals surface area contributed by atoms with Crippen LogP contribution in [0.2, 0.25) is 0 Å². The highest BCUT2D eigenvalue weighted by Gasteiger charge is 2.03. The molecule has 2 rings (SSSR count). The minimum absolute atomic E-state index is 0.457. The zero-order chi connectivity index (χ0) is 14.4. The maximum absolute atomic E-state index is 4.61. The van der Waals surface area contributed by atoms with Gasteiger partial charge >= 0.3 is 0 Å². The Balaban J connectivity index is 2.13. The van der Waals surface area contributed by atoms with Gasteiger partial charge in [-0.25, -0.2) is 9.97 Å². The Morgan fingerprint density at radius 1 is 1.15 bits per heavy atom. The van der Waals surface area contributed by atoms with E-state index in [-0.39, 0.29) is 0 Å². The molecule has 106 valence electrons. The standard InChI is InChI=1S/C16H21N3S/c1-4-20-15-7-5-13(6-8-15)16-17-10-9-14(19-16)11-18-12(2)3/h5-10,12,18H,4,11H2,1-3H3. The van der Waals surface area contributed by atoms with Gasteiger partial charge < -0.3 is 5.32 Å². The third kappa shape index (κ3) is 4.32. The summed E-state index contributed by atoms with van der Waals surface area (Å²) < 4.78 is 0. The van der Waals surface area contributed by atoms with Crippen LogP contribution in [0.15, 0.2) is 41.4 Å². The van der Waals surface area contributed by atoms with Crippen molar-refractivity contribution in [3.63, 3.8) is 0 Å².